The maximum atomic E-state index is 2.33. The van der Waals surface area contributed by atoms with Crippen LogP contribution in [-0.2, 0) is 13.1 Å². The zero-order valence-corrected chi connectivity index (χ0v) is 23.0. The molecule has 2 aromatic rings. The molecule has 0 atom stereocenters. The Morgan fingerprint density at radius 3 is 1.19 bits per heavy atom. The zero-order chi connectivity index (χ0) is 20.6. The minimum Gasteiger partial charge on any atom is -1.00 e. The summed E-state index contributed by atoms with van der Waals surface area (Å²) in [6.45, 7) is 6.74. The molecule has 0 fully saturated rings. The molecular weight excluding hydrogens is 512 g/mol. The van der Waals surface area contributed by atoms with E-state index in [4.69, 9.17) is 0 Å². The number of hydrogen-bond acceptors (Lipinski definition) is 0. The normalized spacial score (nSPS) is 10.4. The Balaban J connectivity index is 0.00000450. The molecule has 0 radical (unpaired) electrons. The maximum Gasteiger partial charge on any atom is 0.169 e. The highest BCUT2D eigenvalue weighted by Gasteiger charge is 2.05. The largest absolute Gasteiger partial charge is 1.00 e. The molecule has 0 saturated carbocycles. The number of aryl methyl sites for hydroxylation is 2. The third kappa shape index (κ3) is 13.4. The van der Waals surface area contributed by atoms with Crippen LogP contribution in [0.3, 0.4) is 0 Å². The molecule has 0 amide bonds. The first-order valence-corrected chi connectivity index (χ1v) is 12.3. The first kappa shape index (κ1) is 30.3. The summed E-state index contributed by atoms with van der Waals surface area (Å²) >= 11 is 0. The molecule has 31 heavy (non-hydrogen) atoms. The Morgan fingerprint density at radius 1 is 0.452 bits per heavy atom. The van der Waals surface area contributed by atoms with Gasteiger partial charge in [-0.25, -0.2) is 9.13 Å². The van der Waals surface area contributed by atoms with E-state index in [1.54, 1.807) is 0 Å². The summed E-state index contributed by atoms with van der Waals surface area (Å²) in [7, 11) is 0. The predicted octanol–water partition coefficient (Wildman–Crippen LogP) is 1.05. The number of rotatable bonds is 16. The van der Waals surface area contributed by atoms with Gasteiger partial charge in [0.2, 0.25) is 0 Å². The van der Waals surface area contributed by atoms with Gasteiger partial charge in [0.1, 0.15) is 13.1 Å². The van der Waals surface area contributed by atoms with Crippen LogP contribution in [0.5, 0.6) is 0 Å². The summed E-state index contributed by atoms with van der Waals surface area (Å²) in [6.07, 6.45) is 27.0. The smallest absolute Gasteiger partial charge is 0.169 e. The fourth-order valence-corrected chi connectivity index (χ4v) is 3.99. The lowest BCUT2D eigenvalue weighted by Gasteiger charge is -2.03. The Labute approximate surface area is 213 Å². The van der Waals surface area contributed by atoms with E-state index < -0.39 is 0 Å². The SMILES string of the molecule is CCCCCCCCCCCCCC[n+]1ccc(-c2cc[n+](CCC)cc2)cc1.[Br-].[Br-]. The fourth-order valence-electron chi connectivity index (χ4n) is 3.99. The minimum atomic E-state index is 0. The van der Waals surface area contributed by atoms with Crippen molar-refractivity contribution in [2.75, 3.05) is 0 Å². The standard InChI is InChI=1S/C27H44N2.2BrH/c1-3-5-6-7-8-9-10-11-12-13-14-15-21-29-24-18-27(19-25-29)26-16-22-28(20-4-2)23-17-26;;/h16-19,22-25H,3-15,20-21H2,1-2H3;2*1H/q+2;;/p-2. The topological polar surface area (TPSA) is 7.76 Å². The Kier molecular flexibility index (Phi) is 19.4. The molecule has 2 rings (SSSR count). The fraction of sp³-hybridized carbons (Fsp3) is 0.630. The highest BCUT2D eigenvalue weighted by molar-refractivity contribution is 5.60. The van der Waals surface area contributed by atoms with Crippen LogP contribution in [0, 0.1) is 0 Å². The van der Waals surface area contributed by atoms with Crippen molar-refractivity contribution in [2.24, 2.45) is 0 Å². The highest BCUT2D eigenvalue weighted by Crippen LogP contribution is 2.16. The predicted molar refractivity (Wildman–Crippen MR) is 124 cm³/mol. The molecule has 0 unspecified atom stereocenters. The molecule has 2 heterocycles. The molecule has 0 aliphatic rings. The Morgan fingerprint density at radius 2 is 0.806 bits per heavy atom. The summed E-state index contributed by atoms with van der Waals surface area (Å²) in [5.74, 6) is 0. The highest BCUT2D eigenvalue weighted by atomic mass is 79.9. The lowest BCUT2D eigenvalue weighted by atomic mass is 10.1. The van der Waals surface area contributed by atoms with Gasteiger partial charge in [0.05, 0.1) is 0 Å². The van der Waals surface area contributed by atoms with E-state index >= 15 is 0 Å². The maximum absolute atomic E-state index is 2.33. The van der Waals surface area contributed by atoms with Crippen LogP contribution in [-0.4, -0.2) is 0 Å². The zero-order valence-electron chi connectivity index (χ0n) is 19.9. The van der Waals surface area contributed by atoms with Crippen molar-refractivity contribution in [2.45, 2.75) is 110 Å². The molecule has 176 valence electrons. The number of unbranched alkanes of at least 4 members (excludes halogenated alkanes) is 11. The molecule has 0 aliphatic heterocycles. The van der Waals surface area contributed by atoms with Gasteiger partial charge in [-0.2, -0.15) is 0 Å². The van der Waals surface area contributed by atoms with Crippen LogP contribution >= 0.6 is 0 Å². The average molecular weight is 556 g/mol. The van der Waals surface area contributed by atoms with Crippen LogP contribution in [0.4, 0.5) is 0 Å². The average Bonchev–Trinajstić information content (AvgIpc) is 2.76. The van der Waals surface area contributed by atoms with Gasteiger partial charge >= 0.3 is 0 Å². The molecule has 0 saturated heterocycles. The van der Waals surface area contributed by atoms with Crippen LogP contribution < -0.4 is 43.1 Å². The second kappa shape index (κ2) is 19.9. The van der Waals surface area contributed by atoms with Crippen LogP contribution in [0.2, 0.25) is 0 Å². The summed E-state index contributed by atoms with van der Waals surface area (Å²) in [5.41, 5.74) is 2.61. The summed E-state index contributed by atoms with van der Waals surface area (Å²) in [6, 6.07) is 8.95. The van der Waals surface area contributed by atoms with Crippen LogP contribution in [0.15, 0.2) is 49.1 Å². The second-order valence-corrected chi connectivity index (χ2v) is 8.54. The van der Waals surface area contributed by atoms with E-state index in [9.17, 15) is 0 Å². The van der Waals surface area contributed by atoms with Gasteiger partial charge in [0.15, 0.2) is 24.8 Å². The lowest BCUT2D eigenvalue weighted by Crippen LogP contribution is -3.00. The second-order valence-electron chi connectivity index (χ2n) is 8.54. The monoisotopic (exact) mass is 554 g/mol. The molecule has 0 aromatic carbocycles. The molecule has 2 aromatic heterocycles. The number of hydrogen-bond donors (Lipinski definition) is 0. The van der Waals surface area contributed by atoms with E-state index in [1.165, 1.54) is 94.6 Å². The molecule has 0 aliphatic carbocycles. The van der Waals surface area contributed by atoms with Gasteiger partial charge in [-0.15, -0.1) is 0 Å². The van der Waals surface area contributed by atoms with Gasteiger partial charge < -0.3 is 34.0 Å². The molecule has 0 N–H and O–H groups in total. The van der Waals surface area contributed by atoms with Crippen molar-refractivity contribution < 1.29 is 43.1 Å². The summed E-state index contributed by atoms with van der Waals surface area (Å²) in [4.78, 5) is 0. The lowest BCUT2D eigenvalue weighted by molar-refractivity contribution is -0.697. The van der Waals surface area contributed by atoms with Crippen LogP contribution in [0.25, 0.3) is 11.1 Å². The van der Waals surface area contributed by atoms with E-state index in [1.807, 2.05) is 0 Å². The van der Waals surface area contributed by atoms with Gasteiger partial charge in [-0.3, -0.25) is 0 Å². The van der Waals surface area contributed by atoms with Crippen molar-refractivity contribution in [1.82, 2.24) is 0 Å². The summed E-state index contributed by atoms with van der Waals surface area (Å²) < 4.78 is 4.58. The molecule has 0 bridgehead atoms. The third-order valence-corrected chi connectivity index (χ3v) is 5.87. The van der Waals surface area contributed by atoms with Crippen molar-refractivity contribution >= 4 is 0 Å². The van der Waals surface area contributed by atoms with E-state index in [0.717, 1.165) is 13.1 Å². The first-order chi connectivity index (χ1) is 14.3. The number of aromatic nitrogens is 2. The third-order valence-electron chi connectivity index (χ3n) is 5.87. The van der Waals surface area contributed by atoms with Crippen molar-refractivity contribution in [1.29, 1.82) is 0 Å². The molecular formula is C27H44Br2N2. The van der Waals surface area contributed by atoms with Crippen molar-refractivity contribution in [3.63, 3.8) is 0 Å². The summed E-state index contributed by atoms with van der Waals surface area (Å²) in [5, 5.41) is 0. The number of pyridine rings is 2. The van der Waals surface area contributed by atoms with Gasteiger partial charge in [-0.05, 0) is 17.5 Å². The van der Waals surface area contributed by atoms with Gasteiger partial charge in [-0.1, -0.05) is 78.1 Å². The van der Waals surface area contributed by atoms with E-state index in [0.29, 0.717) is 0 Å². The Bertz CT molecular complexity index is 641. The van der Waals surface area contributed by atoms with Gasteiger partial charge in [0, 0.05) is 37.1 Å². The number of halogens is 2. The van der Waals surface area contributed by atoms with Gasteiger partial charge in [0.25, 0.3) is 0 Å². The van der Waals surface area contributed by atoms with Crippen molar-refractivity contribution in [3.05, 3.63) is 49.1 Å². The number of nitrogens with zero attached hydrogens (tertiary/aromatic N) is 2. The van der Waals surface area contributed by atoms with Crippen LogP contribution in [0.1, 0.15) is 97.3 Å². The molecule has 4 heteroatoms. The van der Waals surface area contributed by atoms with E-state index in [-0.39, 0.29) is 34.0 Å². The quantitative estimate of drug-likeness (QED) is 0.216. The Hall–Kier alpha value is -0.740. The molecule has 0 spiro atoms. The van der Waals surface area contributed by atoms with Crippen molar-refractivity contribution in [3.8, 4) is 11.1 Å². The minimum absolute atomic E-state index is 0. The first-order valence-electron chi connectivity index (χ1n) is 12.3. The van der Waals surface area contributed by atoms with E-state index in [2.05, 4.69) is 72.0 Å². The molecule has 2 nitrogen and oxygen atoms in total.